The van der Waals surface area contributed by atoms with E-state index in [2.05, 4.69) is 13.8 Å². The Hall–Kier alpha value is -1.50. The molecule has 0 aliphatic carbocycles. The number of carbonyl (C=O) groups excluding carboxylic acids is 2. The smallest absolute Gasteiger partial charge is 0.306 e. The first-order chi connectivity index (χ1) is 34.0. The fourth-order valence-electron chi connectivity index (χ4n) is 9.40. The zero-order valence-corrected chi connectivity index (χ0v) is 44.0. The summed E-state index contributed by atoms with van der Waals surface area (Å²) in [6, 6.07) is 0. The number of aliphatic hydroxyl groups excluding tert-OH is 7. The topological polar surface area (TPSA) is 231 Å². The van der Waals surface area contributed by atoms with Crippen LogP contribution >= 0.6 is 0 Å². The zero-order chi connectivity index (χ0) is 51.0. The van der Waals surface area contributed by atoms with E-state index in [9.17, 15) is 45.3 Å². The Morgan fingerprint density at radius 2 is 0.729 bits per heavy atom. The molecule has 0 amide bonds. The van der Waals surface area contributed by atoms with Gasteiger partial charge >= 0.3 is 11.9 Å². The van der Waals surface area contributed by atoms with Crippen LogP contribution < -0.4 is 0 Å². The minimum atomic E-state index is -1.76. The van der Waals surface area contributed by atoms with Crippen LogP contribution in [0.25, 0.3) is 0 Å². The Kier molecular flexibility index (Phi) is 39.5. The normalized spacial score (nSPS) is 25.3. The van der Waals surface area contributed by atoms with Crippen molar-refractivity contribution in [3.8, 4) is 0 Å². The second kappa shape index (κ2) is 42.8. The van der Waals surface area contributed by atoms with Crippen molar-refractivity contribution >= 4 is 11.9 Å². The van der Waals surface area contributed by atoms with Crippen LogP contribution in [0.2, 0.25) is 0 Å². The van der Waals surface area contributed by atoms with Gasteiger partial charge in [0.05, 0.1) is 19.8 Å². The lowest BCUT2D eigenvalue weighted by molar-refractivity contribution is -0.332. The average Bonchev–Trinajstić information content (AvgIpc) is 3.35. The van der Waals surface area contributed by atoms with E-state index in [4.69, 9.17) is 28.4 Å². The Labute approximate surface area is 423 Å². The van der Waals surface area contributed by atoms with Crippen LogP contribution in [-0.4, -0.2) is 142 Å². The van der Waals surface area contributed by atoms with Crippen LogP contribution in [0.3, 0.4) is 0 Å². The molecule has 2 rings (SSSR count). The van der Waals surface area contributed by atoms with Crippen LogP contribution in [0, 0.1) is 0 Å². The molecule has 2 heterocycles. The maximum atomic E-state index is 13.1. The SMILES string of the molecule is CCCCCCCCCCCCCCCCCCCCCCCC(=O)O[C@H](COC(=O)CCCCCCCCCCCCCCC)CO[C@H]1O[C@@H](CO[C@H]2O[C@@H](CO)[C@@H](O)C(O)C2O)[C@@H](O)C(O)C1O. The van der Waals surface area contributed by atoms with Gasteiger partial charge in [-0.25, -0.2) is 0 Å². The molecule has 0 bridgehead atoms. The Morgan fingerprint density at radius 1 is 0.400 bits per heavy atom. The summed E-state index contributed by atoms with van der Waals surface area (Å²) in [4.78, 5) is 25.8. The van der Waals surface area contributed by atoms with Gasteiger partial charge in [0.25, 0.3) is 0 Å². The van der Waals surface area contributed by atoms with Gasteiger partial charge in [-0.15, -0.1) is 0 Å². The monoisotopic (exact) mass is 1000 g/mol. The number of esters is 2. The third kappa shape index (κ3) is 30.0. The van der Waals surface area contributed by atoms with Crippen molar-refractivity contribution in [2.45, 2.75) is 313 Å². The minimum Gasteiger partial charge on any atom is -0.462 e. The summed E-state index contributed by atoms with van der Waals surface area (Å²) in [5, 5.41) is 72.2. The van der Waals surface area contributed by atoms with Crippen LogP contribution in [0.15, 0.2) is 0 Å². The molecule has 2 fully saturated rings. The maximum Gasteiger partial charge on any atom is 0.306 e. The van der Waals surface area contributed by atoms with E-state index in [1.807, 2.05) is 0 Å². The summed E-state index contributed by atoms with van der Waals surface area (Å²) in [6.07, 6.45) is 25.6. The molecule has 15 heteroatoms. The first-order valence-electron chi connectivity index (χ1n) is 28.6. The highest BCUT2D eigenvalue weighted by Gasteiger charge is 2.47. The molecule has 414 valence electrons. The quantitative estimate of drug-likeness (QED) is 0.0223. The highest BCUT2D eigenvalue weighted by atomic mass is 16.7. The fourth-order valence-corrected chi connectivity index (χ4v) is 9.40. The van der Waals surface area contributed by atoms with Crippen LogP contribution in [0.4, 0.5) is 0 Å². The van der Waals surface area contributed by atoms with Gasteiger partial charge in [-0.05, 0) is 12.8 Å². The highest BCUT2D eigenvalue weighted by molar-refractivity contribution is 5.70. The van der Waals surface area contributed by atoms with Gasteiger partial charge in [-0.1, -0.05) is 219 Å². The van der Waals surface area contributed by atoms with E-state index in [1.54, 1.807) is 0 Å². The van der Waals surface area contributed by atoms with Crippen molar-refractivity contribution in [3.05, 3.63) is 0 Å². The molecule has 15 nitrogen and oxygen atoms in total. The molecule has 0 saturated carbocycles. The summed E-state index contributed by atoms with van der Waals surface area (Å²) in [7, 11) is 0. The van der Waals surface area contributed by atoms with E-state index < -0.39 is 92.7 Å². The molecular formula is C55H104O15. The molecular weight excluding hydrogens is 901 g/mol. The number of aliphatic hydroxyl groups is 7. The molecule has 7 N–H and O–H groups in total. The van der Waals surface area contributed by atoms with E-state index in [0.29, 0.717) is 12.8 Å². The van der Waals surface area contributed by atoms with Crippen molar-refractivity contribution < 1.29 is 73.8 Å². The van der Waals surface area contributed by atoms with Crippen molar-refractivity contribution in [3.63, 3.8) is 0 Å². The molecule has 0 aromatic heterocycles. The van der Waals surface area contributed by atoms with Crippen LogP contribution in [-0.2, 0) is 38.0 Å². The van der Waals surface area contributed by atoms with E-state index in [1.165, 1.54) is 167 Å². The molecule has 70 heavy (non-hydrogen) atoms. The molecule has 11 atom stereocenters. The standard InChI is InChI=1S/C55H104O15/c1-3-5-7-9-11-13-15-17-18-19-20-21-22-23-24-26-28-30-32-34-36-38-47(58)68-43(40-65-46(57)37-35-33-31-29-27-25-16-14-12-10-8-6-4-2)41-66-54-53(64)51(62)49(60)45(70-54)42-67-55-52(63)50(61)48(59)44(39-56)69-55/h43-45,48-56,59-64H,3-42H2,1-2H3/t43-,44+,45+,48-,49-,50?,51?,52?,53?,54+,55+/m1/s1. The summed E-state index contributed by atoms with van der Waals surface area (Å²) >= 11 is 0. The Balaban J connectivity index is 1.74. The molecule has 2 aliphatic rings. The number of ether oxygens (including phenoxy) is 6. The molecule has 0 spiro atoms. The molecule has 0 aromatic rings. The summed E-state index contributed by atoms with van der Waals surface area (Å²) < 4.78 is 33.7. The molecule has 2 aliphatic heterocycles. The van der Waals surface area contributed by atoms with Gasteiger partial charge in [0.15, 0.2) is 18.7 Å². The predicted octanol–water partition coefficient (Wildman–Crippen LogP) is 9.17. The summed E-state index contributed by atoms with van der Waals surface area (Å²) in [5.74, 6) is -0.906. The third-order valence-corrected chi connectivity index (χ3v) is 14.1. The molecule has 4 unspecified atom stereocenters. The number of unbranched alkanes of at least 4 members (excludes halogenated alkanes) is 32. The highest BCUT2D eigenvalue weighted by Crippen LogP contribution is 2.27. The predicted molar refractivity (Wildman–Crippen MR) is 271 cm³/mol. The van der Waals surface area contributed by atoms with Gasteiger partial charge in [0, 0.05) is 12.8 Å². The van der Waals surface area contributed by atoms with Crippen molar-refractivity contribution in [1.82, 2.24) is 0 Å². The third-order valence-electron chi connectivity index (χ3n) is 14.1. The second-order valence-electron chi connectivity index (χ2n) is 20.5. The largest absolute Gasteiger partial charge is 0.462 e. The van der Waals surface area contributed by atoms with Gasteiger partial charge in [-0.3, -0.25) is 9.59 Å². The second-order valence-corrected chi connectivity index (χ2v) is 20.5. The molecule has 0 radical (unpaired) electrons. The summed E-state index contributed by atoms with van der Waals surface area (Å²) in [5.41, 5.74) is 0. The van der Waals surface area contributed by atoms with Crippen molar-refractivity contribution in [2.24, 2.45) is 0 Å². The first-order valence-corrected chi connectivity index (χ1v) is 28.6. The van der Waals surface area contributed by atoms with E-state index >= 15 is 0 Å². The van der Waals surface area contributed by atoms with Crippen molar-refractivity contribution in [2.75, 3.05) is 26.4 Å². The van der Waals surface area contributed by atoms with Crippen LogP contribution in [0.5, 0.6) is 0 Å². The Bertz CT molecular complexity index is 1230. The lowest BCUT2D eigenvalue weighted by Crippen LogP contribution is -2.61. The zero-order valence-electron chi connectivity index (χ0n) is 44.0. The number of hydrogen-bond acceptors (Lipinski definition) is 15. The lowest BCUT2D eigenvalue weighted by atomic mass is 9.98. The lowest BCUT2D eigenvalue weighted by Gasteiger charge is -2.42. The van der Waals surface area contributed by atoms with Crippen LogP contribution in [0.1, 0.15) is 245 Å². The van der Waals surface area contributed by atoms with Gasteiger partial charge in [-0.2, -0.15) is 0 Å². The number of hydrogen-bond donors (Lipinski definition) is 7. The maximum absolute atomic E-state index is 13.1. The van der Waals surface area contributed by atoms with Gasteiger partial charge in [0.2, 0.25) is 0 Å². The van der Waals surface area contributed by atoms with E-state index in [-0.39, 0.29) is 26.1 Å². The summed E-state index contributed by atoms with van der Waals surface area (Å²) in [6.45, 7) is 2.64. The van der Waals surface area contributed by atoms with Gasteiger partial charge in [0.1, 0.15) is 55.4 Å². The molecule has 2 saturated heterocycles. The number of carbonyl (C=O) groups is 2. The average molecular weight is 1010 g/mol. The Morgan fingerprint density at radius 3 is 1.11 bits per heavy atom. The van der Waals surface area contributed by atoms with Gasteiger partial charge < -0.3 is 64.2 Å². The minimum absolute atomic E-state index is 0.174. The first kappa shape index (κ1) is 64.6. The van der Waals surface area contributed by atoms with Crippen molar-refractivity contribution in [1.29, 1.82) is 0 Å². The molecule has 0 aromatic carbocycles. The fraction of sp³-hybridized carbons (Fsp3) is 0.964. The number of rotatable bonds is 46. The van der Waals surface area contributed by atoms with E-state index in [0.717, 1.165) is 38.5 Å².